The third kappa shape index (κ3) is 5.82. The van der Waals surface area contributed by atoms with Gasteiger partial charge in [-0.3, -0.25) is 9.79 Å². The molecular weight excluding hydrogens is 310 g/mol. The van der Waals surface area contributed by atoms with Crippen LogP contribution in [0.2, 0.25) is 0 Å². The molecule has 6 nitrogen and oxygen atoms in total. The monoisotopic (exact) mass is 337 g/mol. The number of thiazole rings is 1. The molecule has 0 aromatic carbocycles. The summed E-state index contributed by atoms with van der Waals surface area (Å²) in [5.41, 5.74) is 1.06. The Bertz CT molecular complexity index is 549. The number of nitrogens with one attached hydrogen (secondary N) is 3. The molecule has 1 heterocycles. The fourth-order valence-electron chi connectivity index (χ4n) is 2.79. The minimum atomic E-state index is 0.119. The highest BCUT2D eigenvalue weighted by Crippen LogP contribution is 2.17. The molecule has 2 rings (SSSR count). The van der Waals surface area contributed by atoms with E-state index >= 15 is 0 Å². The summed E-state index contributed by atoms with van der Waals surface area (Å²) < 4.78 is 0. The van der Waals surface area contributed by atoms with E-state index in [0.29, 0.717) is 31.5 Å². The lowest BCUT2D eigenvalue weighted by Crippen LogP contribution is -2.40. The predicted molar refractivity (Wildman–Crippen MR) is 94.8 cm³/mol. The summed E-state index contributed by atoms with van der Waals surface area (Å²) in [6.45, 7) is 5.31. The van der Waals surface area contributed by atoms with Crippen LogP contribution in [-0.2, 0) is 11.3 Å². The fourth-order valence-corrected chi connectivity index (χ4v) is 3.66. The van der Waals surface area contributed by atoms with Crippen LogP contribution in [0, 0.1) is 13.8 Å². The predicted octanol–water partition coefficient (Wildman–Crippen LogP) is 1.87. The highest BCUT2D eigenvalue weighted by Gasteiger charge is 2.16. The van der Waals surface area contributed by atoms with Crippen molar-refractivity contribution in [3.63, 3.8) is 0 Å². The summed E-state index contributed by atoms with van der Waals surface area (Å²) in [6.07, 6.45) is 5.17. The van der Waals surface area contributed by atoms with Gasteiger partial charge in [-0.05, 0) is 26.7 Å². The molecule has 0 radical (unpaired) electrons. The first kappa shape index (κ1) is 17.7. The molecule has 0 aliphatic heterocycles. The van der Waals surface area contributed by atoms with Crippen molar-refractivity contribution in [2.75, 3.05) is 13.6 Å². The van der Waals surface area contributed by atoms with Crippen molar-refractivity contribution < 1.29 is 4.79 Å². The zero-order valence-corrected chi connectivity index (χ0v) is 15.1. The number of aryl methyl sites for hydroxylation is 2. The first-order chi connectivity index (χ1) is 11.1. The molecule has 7 heteroatoms. The molecule has 0 saturated heterocycles. The number of rotatable bonds is 6. The van der Waals surface area contributed by atoms with Gasteiger partial charge in [0, 0.05) is 30.9 Å². The van der Waals surface area contributed by atoms with E-state index in [9.17, 15) is 4.79 Å². The number of aliphatic imine (C=N–C) groups is 1. The van der Waals surface area contributed by atoms with Crippen molar-refractivity contribution in [3.8, 4) is 0 Å². The van der Waals surface area contributed by atoms with Crippen molar-refractivity contribution in [1.82, 2.24) is 20.9 Å². The lowest BCUT2D eigenvalue weighted by Gasteiger charge is -2.13. The second kappa shape index (κ2) is 8.86. The average Bonchev–Trinajstić information content (AvgIpc) is 3.12. The number of hydrogen-bond donors (Lipinski definition) is 3. The highest BCUT2D eigenvalue weighted by molar-refractivity contribution is 7.11. The van der Waals surface area contributed by atoms with Crippen molar-refractivity contribution in [2.45, 2.75) is 58.5 Å². The normalized spacial score (nSPS) is 15.7. The van der Waals surface area contributed by atoms with Gasteiger partial charge in [-0.15, -0.1) is 11.3 Å². The van der Waals surface area contributed by atoms with E-state index in [-0.39, 0.29) is 5.91 Å². The Labute approximate surface area is 142 Å². The van der Waals surface area contributed by atoms with Gasteiger partial charge >= 0.3 is 0 Å². The molecule has 0 unspecified atom stereocenters. The smallest absolute Gasteiger partial charge is 0.221 e. The van der Waals surface area contributed by atoms with Gasteiger partial charge in [0.05, 0.1) is 17.2 Å². The number of nitrogens with zero attached hydrogens (tertiary/aromatic N) is 2. The van der Waals surface area contributed by atoms with Gasteiger partial charge in [0.1, 0.15) is 0 Å². The number of carbonyl (C=O) groups excluding carboxylic acids is 1. The quantitative estimate of drug-likeness (QED) is 0.547. The first-order valence-corrected chi connectivity index (χ1v) is 9.07. The van der Waals surface area contributed by atoms with Gasteiger partial charge in [-0.25, -0.2) is 4.98 Å². The maximum absolute atomic E-state index is 11.9. The number of guanidine groups is 1. The molecule has 23 heavy (non-hydrogen) atoms. The molecule has 128 valence electrons. The van der Waals surface area contributed by atoms with Crippen LogP contribution in [0.4, 0.5) is 0 Å². The van der Waals surface area contributed by atoms with Gasteiger partial charge in [0.15, 0.2) is 5.96 Å². The molecule has 1 fully saturated rings. The van der Waals surface area contributed by atoms with E-state index in [1.807, 2.05) is 13.8 Å². The molecule has 1 amide bonds. The average molecular weight is 337 g/mol. The Morgan fingerprint density at radius 3 is 2.65 bits per heavy atom. The Hall–Kier alpha value is -1.63. The summed E-state index contributed by atoms with van der Waals surface area (Å²) in [5, 5.41) is 10.6. The van der Waals surface area contributed by atoms with Crippen LogP contribution in [-0.4, -0.2) is 36.5 Å². The van der Waals surface area contributed by atoms with E-state index < -0.39 is 0 Å². The van der Waals surface area contributed by atoms with Crippen LogP contribution in [0.15, 0.2) is 4.99 Å². The summed E-state index contributed by atoms with van der Waals surface area (Å²) in [6, 6.07) is 0.387. The van der Waals surface area contributed by atoms with Crippen LogP contribution >= 0.6 is 11.3 Å². The van der Waals surface area contributed by atoms with Crippen LogP contribution in [0.3, 0.4) is 0 Å². The highest BCUT2D eigenvalue weighted by atomic mass is 32.1. The molecule has 1 aliphatic carbocycles. The second-order valence-corrected chi connectivity index (χ2v) is 7.18. The van der Waals surface area contributed by atoms with Gasteiger partial charge in [-0.1, -0.05) is 12.8 Å². The molecule has 1 aliphatic rings. The van der Waals surface area contributed by atoms with E-state index in [2.05, 4.69) is 25.9 Å². The molecule has 0 spiro atoms. The largest absolute Gasteiger partial charge is 0.356 e. The van der Waals surface area contributed by atoms with Gasteiger partial charge in [-0.2, -0.15) is 0 Å². The minimum Gasteiger partial charge on any atom is -0.356 e. The number of aromatic nitrogens is 1. The molecule has 0 bridgehead atoms. The summed E-state index contributed by atoms with van der Waals surface area (Å²) in [4.78, 5) is 21.7. The second-order valence-electron chi connectivity index (χ2n) is 5.89. The molecule has 1 aromatic heterocycles. The molecule has 1 aromatic rings. The van der Waals surface area contributed by atoms with Gasteiger partial charge in [0.2, 0.25) is 5.91 Å². The molecule has 1 saturated carbocycles. The third-order valence-corrected chi connectivity index (χ3v) is 5.08. The van der Waals surface area contributed by atoms with Gasteiger partial charge < -0.3 is 16.0 Å². The first-order valence-electron chi connectivity index (χ1n) is 8.25. The standard InChI is InChI=1S/C16H27N5OS/c1-11-14(23-12(2)20-11)10-19-16(17-3)18-9-8-15(22)21-13-6-4-5-7-13/h13H,4-10H2,1-3H3,(H,21,22)(H2,17,18,19). The van der Waals surface area contributed by atoms with E-state index in [0.717, 1.165) is 23.5 Å². The number of hydrogen-bond acceptors (Lipinski definition) is 4. The molecular formula is C16H27N5OS. The maximum Gasteiger partial charge on any atom is 0.221 e. The summed E-state index contributed by atoms with van der Waals surface area (Å²) in [7, 11) is 1.73. The topological polar surface area (TPSA) is 78.4 Å². The van der Waals surface area contributed by atoms with Crippen molar-refractivity contribution in [3.05, 3.63) is 15.6 Å². The van der Waals surface area contributed by atoms with E-state index in [4.69, 9.17) is 0 Å². The third-order valence-electron chi connectivity index (χ3n) is 4.00. The SMILES string of the molecule is CN=C(NCCC(=O)NC1CCCC1)NCc1sc(C)nc1C. The van der Waals surface area contributed by atoms with E-state index in [1.165, 1.54) is 17.7 Å². The lowest BCUT2D eigenvalue weighted by atomic mass is 10.2. The number of amides is 1. The fraction of sp³-hybridized carbons (Fsp3) is 0.688. The summed E-state index contributed by atoms with van der Waals surface area (Å²) in [5.74, 6) is 0.831. The van der Waals surface area contributed by atoms with Crippen molar-refractivity contribution >= 4 is 23.2 Å². The molecule has 0 atom stereocenters. The molecule has 3 N–H and O–H groups in total. The minimum absolute atomic E-state index is 0.119. The summed E-state index contributed by atoms with van der Waals surface area (Å²) >= 11 is 1.69. The van der Waals surface area contributed by atoms with Crippen molar-refractivity contribution in [2.24, 2.45) is 4.99 Å². The van der Waals surface area contributed by atoms with Crippen LogP contribution in [0.5, 0.6) is 0 Å². The van der Waals surface area contributed by atoms with Crippen LogP contribution < -0.4 is 16.0 Å². The lowest BCUT2D eigenvalue weighted by molar-refractivity contribution is -0.121. The number of carbonyl (C=O) groups is 1. The Kier molecular flexibility index (Phi) is 6.83. The van der Waals surface area contributed by atoms with Gasteiger partial charge in [0.25, 0.3) is 0 Å². The van der Waals surface area contributed by atoms with E-state index in [1.54, 1.807) is 18.4 Å². The Morgan fingerprint density at radius 1 is 1.30 bits per heavy atom. The zero-order chi connectivity index (χ0) is 16.7. The maximum atomic E-state index is 11.9. The van der Waals surface area contributed by atoms with Crippen LogP contribution in [0.25, 0.3) is 0 Å². The van der Waals surface area contributed by atoms with Crippen molar-refractivity contribution in [1.29, 1.82) is 0 Å². The Morgan fingerprint density at radius 2 is 2.04 bits per heavy atom. The van der Waals surface area contributed by atoms with Crippen LogP contribution in [0.1, 0.15) is 47.7 Å². The Balaban J connectivity index is 1.66. The zero-order valence-electron chi connectivity index (χ0n) is 14.2.